The summed E-state index contributed by atoms with van der Waals surface area (Å²) in [7, 11) is 0. The number of carbonyl (C=O) groups excluding carboxylic acids is 2. The molecule has 148 valence electrons. The third-order valence-electron chi connectivity index (χ3n) is 4.59. The lowest BCUT2D eigenvalue weighted by Gasteiger charge is -2.34. The van der Waals surface area contributed by atoms with Crippen molar-refractivity contribution in [2.24, 2.45) is 0 Å². The molecule has 0 aliphatic carbocycles. The maximum absolute atomic E-state index is 12.9. The number of nitrogens with one attached hydrogen (secondary N) is 1. The Kier molecular flexibility index (Phi) is 6.13. The van der Waals surface area contributed by atoms with Crippen LogP contribution in [-0.2, 0) is 4.74 Å². The van der Waals surface area contributed by atoms with Gasteiger partial charge in [-0.25, -0.2) is 9.78 Å². The van der Waals surface area contributed by atoms with Gasteiger partial charge < -0.3 is 19.9 Å². The normalized spacial score (nSPS) is 14.0. The molecule has 1 aliphatic rings. The average Bonchev–Trinajstić information content (AvgIpc) is 2.67. The SMILES string of the molecule is CCOC(=O)N1CCN(C(=O)c2ccnc(Nc3cc(C)cc(C)c3)c2)CC1. The molecule has 2 heterocycles. The highest BCUT2D eigenvalue weighted by Crippen LogP contribution is 2.19. The van der Waals surface area contributed by atoms with E-state index in [1.54, 1.807) is 35.1 Å². The molecule has 1 saturated heterocycles. The summed E-state index contributed by atoms with van der Waals surface area (Å²) in [6.45, 7) is 8.14. The van der Waals surface area contributed by atoms with Crippen molar-refractivity contribution < 1.29 is 14.3 Å². The number of hydrogen-bond acceptors (Lipinski definition) is 5. The number of ether oxygens (including phenoxy) is 1. The van der Waals surface area contributed by atoms with Crippen LogP contribution in [0.5, 0.6) is 0 Å². The molecule has 7 heteroatoms. The van der Waals surface area contributed by atoms with Gasteiger partial charge in [-0.05, 0) is 56.2 Å². The van der Waals surface area contributed by atoms with Crippen molar-refractivity contribution in [2.45, 2.75) is 20.8 Å². The van der Waals surface area contributed by atoms with Gasteiger partial charge in [-0.3, -0.25) is 4.79 Å². The van der Waals surface area contributed by atoms with Crippen LogP contribution < -0.4 is 5.32 Å². The third-order valence-corrected chi connectivity index (χ3v) is 4.59. The van der Waals surface area contributed by atoms with E-state index < -0.39 is 0 Å². The molecule has 28 heavy (non-hydrogen) atoms. The number of carbonyl (C=O) groups is 2. The molecule has 0 bridgehead atoms. The van der Waals surface area contributed by atoms with E-state index in [0.29, 0.717) is 44.2 Å². The first kappa shape index (κ1) is 19.7. The van der Waals surface area contributed by atoms with Crippen molar-refractivity contribution in [3.63, 3.8) is 0 Å². The van der Waals surface area contributed by atoms with Gasteiger partial charge >= 0.3 is 6.09 Å². The zero-order valence-corrected chi connectivity index (χ0v) is 16.6. The molecule has 2 amide bonds. The van der Waals surface area contributed by atoms with Crippen LogP contribution in [0.1, 0.15) is 28.4 Å². The van der Waals surface area contributed by atoms with Crippen LogP contribution in [0.4, 0.5) is 16.3 Å². The maximum Gasteiger partial charge on any atom is 0.409 e. The zero-order chi connectivity index (χ0) is 20.1. The van der Waals surface area contributed by atoms with Gasteiger partial charge in [0.1, 0.15) is 5.82 Å². The van der Waals surface area contributed by atoms with E-state index in [1.807, 2.05) is 26.0 Å². The quantitative estimate of drug-likeness (QED) is 0.878. The fourth-order valence-corrected chi connectivity index (χ4v) is 3.32. The van der Waals surface area contributed by atoms with Crippen molar-refractivity contribution in [3.8, 4) is 0 Å². The van der Waals surface area contributed by atoms with Crippen LogP contribution in [0, 0.1) is 13.8 Å². The lowest BCUT2D eigenvalue weighted by Crippen LogP contribution is -2.50. The van der Waals surface area contributed by atoms with Gasteiger partial charge in [0.25, 0.3) is 5.91 Å². The first-order valence-corrected chi connectivity index (χ1v) is 9.48. The monoisotopic (exact) mass is 382 g/mol. The summed E-state index contributed by atoms with van der Waals surface area (Å²) in [6, 6.07) is 9.66. The van der Waals surface area contributed by atoms with E-state index in [2.05, 4.69) is 16.4 Å². The highest BCUT2D eigenvalue weighted by molar-refractivity contribution is 5.95. The molecule has 1 aromatic heterocycles. The number of nitrogens with zero attached hydrogens (tertiary/aromatic N) is 3. The Hall–Kier alpha value is -3.09. The van der Waals surface area contributed by atoms with Gasteiger partial charge in [0.2, 0.25) is 0 Å². The Balaban J connectivity index is 1.65. The summed E-state index contributed by atoms with van der Waals surface area (Å²) < 4.78 is 5.02. The Morgan fingerprint density at radius 1 is 1.04 bits per heavy atom. The van der Waals surface area contributed by atoms with Crippen LogP contribution in [0.2, 0.25) is 0 Å². The minimum atomic E-state index is -0.321. The summed E-state index contributed by atoms with van der Waals surface area (Å²) in [5.41, 5.74) is 3.84. The number of piperazine rings is 1. The molecule has 0 spiro atoms. The summed E-state index contributed by atoms with van der Waals surface area (Å²) in [5, 5.41) is 3.27. The van der Waals surface area contributed by atoms with Crippen LogP contribution in [0.15, 0.2) is 36.5 Å². The van der Waals surface area contributed by atoms with Gasteiger partial charge in [-0.15, -0.1) is 0 Å². The Morgan fingerprint density at radius 2 is 1.68 bits per heavy atom. The summed E-state index contributed by atoms with van der Waals surface area (Å²) in [5.74, 6) is 0.565. The first-order chi connectivity index (χ1) is 13.5. The van der Waals surface area contributed by atoms with Gasteiger partial charge in [-0.1, -0.05) is 6.07 Å². The molecule has 1 N–H and O–H groups in total. The summed E-state index contributed by atoms with van der Waals surface area (Å²) in [4.78, 5) is 32.4. The number of rotatable bonds is 4. The minimum Gasteiger partial charge on any atom is -0.450 e. The van der Waals surface area contributed by atoms with Crippen LogP contribution in [0.3, 0.4) is 0 Å². The molecule has 2 aromatic rings. The molecule has 1 aromatic carbocycles. The molecular weight excluding hydrogens is 356 g/mol. The number of hydrogen-bond donors (Lipinski definition) is 1. The molecule has 0 unspecified atom stereocenters. The summed E-state index contributed by atoms with van der Waals surface area (Å²) >= 11 is 0. The van der Waals surface area contributed by atoms with E-state index in [9.17, 15) is 9.59 Å². The number of anilines is 2. The topological polar surface area (TPSA) is 74.8 Å². The second-order valence-corrected chi connectivity index (χ2v) is 6.91. The van der Waals surface area contributed by atoms with Gasteiger partial charge in [0, 0.05) is 43.6 Å². The lowest BCUT2D eigenvalue weighted by molar-refractivity contribution is 0.0570. The highest BCUT2D eigenvalue weighted by Gasteiger charge is 2.25. The molecule has 0 radical (unpaired) electrons. The van der Waals surface area contributed by atoms with Crippen molar-refractivity contribution in [1.29, 1.82) is 0 Å². The maximum atomic E-state index is 12.9. The van der Waals surface area contributed by atoms with Gasteiger partial charge in [0.15, 0.2) is 0 Å². The Bertz CT molecular complexity index is 840. The van der Waals surface area contributed by atoms with E-state index in [-0.39, 0.29) is 12.0 Å². The second kappa shape index (κ2) is 8.73. The smallest absolute Gasteiger partial charge is 0.409 e. The Morgan fingerprint density at radius 3 is 2.32 bits per heavy atom. The van der Waals surface area contributed by atoms with E-state index in [4.69, 9.17) is 4.74 Å². The first-order valence-electron chi connectivity index (χ1n) is 9.48. The van der Waals surface area contributed by atoms with Gasteiger partial charge in [-0.2, -0.15) is 0 Å². The highest BCUT2D eigenvalue weighted by atomic mass is 16.6. The van der Waals surface area contributed by atoms with E-state index in [0.717, 1.165) is 16.8 Å². The standard InChI is InChI=1S/C21H26N4O3/c1-4-28-21(27)25-9-7-24(8-10-25)20(26)17-5-6-22-19(14-17)23-18-12-15(2)11-16(3)13-18/h5-6,11-14H,4,7-10H2,1-3H3,(H,22,23). The van der Waals surface area contributed by atoms with E-state index in [1.165, 1.54) is 0 Å². The van der Waals surface area contributed by atoms with E-state index >= 15 is 0 Å². The Labute approximate surface area is 165 Å². The number of amides is 2. The molecule has 7 nitrogen and oxygen atoms in total. The molecule has 1 aliphatic heterocycles. The van der Waals surface area contributed by atoms with Gasteiger partial charge in [0.05, 0.1) is 6.61 Å². The second-order valence-electron chi connectivity index (χ2n) is 6.91. The van der Waals surface area contributed by atoms with Crippen molar-refractivity contribution in [2.75, 3.05) is 38.1 Å². The minimum absolute atomic E-state index is 0.0608. The van der Waals surface area contributed by atoms with Crippen molar-refractivity contribution in [1.82, 2.24) is 14.8 Å². The average molecular weight is 382 g/mol. The van der Waals surface area contributed by atoms with Crippen LogP contribution >= 0.6 is 0 Å². The van der Waals surface area contributed by atoms with Crippen molar-refractivity contribution >= 4 is 23.5 Å². The predicted octanol–water partition coefficient (Wildman–Crippen LogP) is 3.36. The predicted molar refractivity (Wildman–Crippen MR) is 108 cm³/mol. The largest absolute Gasteiger partial charge is 0.450 e. The molecule has 1 fully saturated rings. The molecule has 3 rings (SSSR count). The zero-order valence-electron chi connectivity index (χ0n) is 16.6. The third kappa shape index (κ3) is 4.79. The molecular formula is C21H26N4O3. The number of benzene rings is 1. The van der Waals surface area contributed by atoms with Crippen molar-refractivity contribution in [3.05, 3.63) is 53.2 Å². The number of aryl methyl sites for hydroxylation is 2. The van der Waals surface area contributed by atoms with Crippen LogP contribution in [-0.4, -0.2) is 59.6 Å². The fraction of sp³-hybridized carbons (Fsp3) is 0.381. The fourth-order valence-electron chi connectivity index (χ4n) is 3.32. The summed E-state index contributed by atoms with van der Waals surface area (Å²) in [6.07, 6.45) is 1.31. The number of aromatic nitrogens is 1. The molecule has 0 atom stereocenters. The van der Waals surface area contributed by atoms with Crippen LogP contribution in [0.25, 0.3) is 0 Å². The molecule has 0 saturated carbocycles. The number of pyridine rings is 1. The lowest BCUT2D eigenvalue weighted by atomic mass is 10.1.